The molecule has 0 aliphatic carbocycles. The van der Waals surface area contributed by atoms with Crippen LogP contribution < -0.4 is 9.47 Å². The van der Waals surface area contributed by atoms with E-state index >= 15 is 0 Å². The largest absolute Gasteiger partial charge is 0.493 e. The van der Waals surface area contributed by atoms with Crippen molar-refractivity contribution in [3.8, 4) is 11.5 Å². The number of nitro benzene ring substituents is 1. The molecule has 0 aromatic heterocycles. The Morgan fingerprint density at radius 1 is 1.25 bits per heavy atom. The van der Waals surface area contributed by atoms with Gasteiger partial charge >= 0.3 is 0 Å². The number of methoxy groups -OCH3 is 2. The van der Waals surface area contributed by atoms with Crippen LogP contribution in [0.3, 0.4) is 0 Å². The molecule has 0 heterocycles. The third-order valence-corrected chi connectivity index (χ3v) is 2.34. The molecular formula is C11H15NO4. The van der Waals surface area contributed by atoms with Gasteiger partial charge in [0.1, 0.15) is 0 Å². The van der Waals surface area contributed by atoms with Crippen LogP contribution in [0.15, 0.2) is 12.1 Å². The Morgan fingerprint density at radius 3 is 2.25 bits per heavy atom. The first-order valence-corrected chi connectivity index (χ1v) is 4.92. The normalized spacial score (nSPS) is 10.3. The van der Waals surface area contributed by atoms with Crippen LogP contribution in [0, 0.1) is 10.1 Å². The molecule has 1 rings (SSSR count). The zero-order valence-corrected chi connectivity index (χ0v) is 9.81. The Balaban J connectivity index is 3.50. The summed E-state index contributed by atoms with van der Waals surface area (Å²) in [4.78, 5) is 10.5. The highest BCUT2D eigenvalue weighted by Gasteiger charge is 2.24. The van der Waals surface area contributed by atoms with E-state index in [0.29, 0.717) is 17.1 Å². The number of hydrogen-bond acceptors (Lipinski definition) is 4. The van der Waals surface area contributed by atoms with E-state index in [9.17, 15) is 10.1 Å². The summed E-state index contributed by atoms with van der Waals surface area (Å²) in [5, 5.41) is 10.9. The lowest BCUT2D eigenvalue weighted by molar-refractivity contribution is -0.385. The van der Waals surface area contributed by atoms with E-state index in [0.717, 1.165) is 0 Å². The topological polar surface area (TPSA) is 61.6 Å². The van der Waals surface area contributed by atoms with Crippen molar-refractivity contribution in [3.63, 3.8) is 0 Å². The molecule has 88 valence electrons. The number of hydrogen-bond donors (Lipinski definition) is 0. The van der Waals surface area contributed by atoms with E-state index in [1.165, 1.54) is 20.3 Å². The lowest BCUT2D eigenvalue weighted by atomic mass is 9.99. The predicted molar refractivity (Wildman–Crippen MR) is 60.3 cm³/mol. The summed E-state index contributed by atoms with van der Waals surface area (Å²) in [5.41, 5.74) is 0.625. The number of rotatable bonds is 4. The minimum absolute atomic E-state index is 0.00884. The maximum absolute atomic E-state index is 10.9. The van der Waals surface area contributed by atoms with E-state index in [1.54, 1.807) is 6.07 Å². The molecular weight excluding hydrogens is 210 g/mol. The Labute approximate surface area is 94.1 Å². The minimum atomic E-state index is -0.405. The van der Waals surface area contributed by atoms with Crippen LogP contribution >= 0.6 is 0 Å². The van der Waals surface area contributed by atoms with Gasteiger partial charge in [-0.3, -0.25) is 10.1 Å². The fourth-order valence-electron chi connectivity index (χ4n) is 1.66. The van der Waals surface area contributed by atoms with Gasteiger partial charge in [0.25, 0.3) is 5.69 Å². The van der Waals surface area contributed by atoms with Crippen LogP contribution in [0.4, 0.5) is 5.69 Å². The monoisotopic (exact) mass is 225 g/mol. The molecule has 0 saturated heterocycles. The first-order chi connectivity index (χ1) is 7.52. The van der Waals surface area contributed by atoms with Crippen LogP contribution in [-0.4, -0.2) is 19.1 Å². The Hall–Kier alpha value is -1.78. The molecule has 1 aromatic carbocycles. The molecule has 0 spiro atoms. The second-order valence-corrected chi connectivity index (χ2v) is 3.65. The highest BCUT2D eigenvalue weighted by Crippen LogP contribution is 2.41. The molecule has 0 fully saturated rings. The van der Waals surface area contributed by atoms with Gasteiger partial charge in [-0.05, 0) is 12.0 Å². The quantitative estimate of drug-likeness (QED) is 0.583. The van der Waals surface area contributed by atoms with Crippen molar-refractivity contribution in [1.29, 1.82) is 0 Å². The van der Waals surface area contributed by atoms with E-state index in [1.807, 2.05) is 13.8 Å². The summed E-state index contributed by atoms with van der Waals surface area (Å²) in [6.45, 7) is 3.76. The highest BCUT2D eigenvalue weighted by molar-refractivity contribution is 5.58. The molecule has 0 aliphatic rings. The lowest BCUT2D eigenvalue weighted by Gasteiger charge is -2.14. The zero-order valence-electron chi connectivity index (χ0n) is 9.81. The molecule has 0 radical (unpaired) electrons. The Bertz CT molecular complexity index is 401. The summed E-state index contributed by atoms with van der Waals surface area (Å²) >= 11 is 0. The summed E-state index contributed by atoms with van der Waals surface area (Å²) < 4.78 is 10.3. The van der Waals surface area contributed by atoms with Crippen LogP contribution in [-0.2, 0) is 0 Å². The summed E-state index contributed by atoms with van der Waals surface area (Å²) in [6.07, 6.45) is 0. The minimum Gasteiger partial charge on any atom is -0.493 e. The average Bonchev–Trinajstić information content (AvgIpc) is 2.26. The maximum Gasteiger partial charge on any atom is 0.276 e. The highest BCUT2D eigenvalue weighted by atomic mass is 16.6. The van der Waals surface area contributed by atoms with Gasteiger partial charge in [0.2, 0.25) is 0 Å². The van der Waals surface area contributed by atoms with Crippen molar-refractivity contribution in [2.75, 3.05) is 14.2 Å². The van der Waals surface area contributed by atoms with Gasteiger partial charge < -0.3 is 9.47 Å². The lowest BCUT2D eigenvalue weighted by Crippen LogP contribution is -2.02. The fraction of sp³-hybridized carbons (Fsp3) is 0.455. The van der Waals surface area contributed by atoms with E-state index in [2.05, 4.69) is 0 Å². The van der Waals surface area contributed by atoms with E-state index in [4.69, 9.17) is 9.47 Å². The Morgan fingerprint density at radius 2 is 1.88 bits per heavy atom. The zero-order chi connectivity index (χ0) is 12.3. The molecule has 1 aromatic rings. The van der Waals surface area contributed by atoms with Crippen LogP contribution in [0.1, 0.15) is 25.3 Å². The molecule has 5 nitrogen and oxygen atoms in total. The third kappa shape index (κ3) is 2.08. The summed E-state index contributed by atoms with van der Waals surface area (Å²) in [6, 6.07) is 2.99. The third-order valence-electron chi connectivity index (χ3n) is 2.34. The number of nitro groups is 1. The first kappa shape index (κ1) is 12.3. The van der Waals surface area contributed by atoms with Crippen molar-refractivity contribution < 1.29 is 14.4 Å². The van der Waals surface area contributed by atoms with Crippen LogP contribution in [0.2, 0.25) is 0 Å². The average molecular weight is 225 g/mol. The molecule has 0 aliphatic heterocycles. The second kappa shape index (κ2) is 4.83. The van der Waals surface area contributed by atoms with Crippen molar-refractivity contribution in [2.24, 2.45) is 0 Å². The van der Waals surface area contributed by atoms with Crippen molar-refractivity contribution in [2.45, 2.75) is 19.8 Å². The smallest absolute Gasteiger partial charge is 0.276 e. The molecule has 5 heteroatoms. The van der Waals surface area contributed by atoms with E-state index in [-0.39, 0.29) is 11.6 Å². The fourth-order valence-corrected chi connectivity index (χ4v) is 1.66. The summed E-state index contributed by atoms with van der Waals surface area (Å²) in [5.74, 6) is 0.939. The number of ether oxygens (including phenoxy) is 2. The van der Waals surface area contributed by atoms with E-state index < -0.39 is 4.92 Å². The molecule has 0 amide bonds. The van der Waals surface area contributed by atoms with Gasteiger partial charge in [-0.2, -0.15) is 0 Å². The maximum atomic E-state index is 10.9. The molecule has 16 heavy (non-hydrogen) atoms. The van der Waals surface area contributed by atoms with Crippen molar-refractivity contribution >= 4 is 5.69 Å². The van der Waals surface area contributed by atoms with Gasteiger partial charge in [0.05, 0.1) is 24.7 Å². The molecule has 0 unspecified atom stereocenters. The van der Waals surface area contributed by atoms with Gasteiger partial charge in [-0.15, -0.1) is 0 Å². The van der Waals surface area contributed by atoms with Gasteiger partial charge in [-0.25, -0.2) is 0 Å². The van der Waals surface area contributed by atoms with Crippen molar-refractivity contribution in [1.82, 2.24) is 0 Å². The number of nitrogens with zero attached hydrogens (tertiary/aromatic N) is 1. The predicted octanol–water partition coefficient (Wildman–Crippen LogP) is 2.74. The van der Waals surface area contributed by atoms with Crippen LogP contribution in [0.25, 0.3) is 0 Å². The molecule has 0 N–H and O–H groups in total. The number of benzene rings is 1. The molecule has 0 bridgehead atoms. The first-order valence-electron chi connectivity index (χ1n) is 4.92. The molecule has 0 atom stereocenters. The molecule has 0 saturated carbocycles. The second-order valence-electron chi connectivity index (χ2n) is 3.65. The van der Waals surface area contributed by atoms with Gasteiger partial charge in [0, 0.05) is 6.07 Å². The van der Waals surface area contributed by atoms with Gasteiger partial charge in [-0.1, -0.05) is 13.8 Å². The van der Waals surface area contributed by atoms with Crippen LogP contribution in [0.5, 0.6) is 11.5 Å². The van der Waals surface area contributed by atoms with Crippen molar-refractivity contribution in [3.05, 3.63) is 27.8 Å². The van der Waals surface area contributed by atoms with Gasteiger partial charge in [0.15, 0.2) is 11.5 Å². The SMILES string of the molecule is COc1ccc([N+](=O)[O-])c(C(C)C)c1OC. The summed E-state index contributed by atoms with van der Waals surface area (Å²) in [7, 11) is 2.99. The standard InChI is InChI=1S/C11H15NO4/c1-7(2)10-8(12(13)14)5-6-9(15-3)11(10)16-4/h5-7H,1-4H3. The Kier molecular flexibility index (Phi) is 3.71.